The molecule has 1 saturated carbocycles. The monoisotopic (exact) mass is 154 g/mol. The zero-order valence-corrected chi connectivity index (χ0v) is 7.56. The summed E-state index contributed by atoms with van der Waals surface area (Å²) in [7, 11) is 4.44. The quantitative estimate of drug-likeness (QED) is 0.598. The first-order valence-electron chi connectivity index (χ1n) is 4.62. The molecule has 0 aromatic carbocycles. The van der Waals surface area contributed by atoms with E-state index in [0.29, 0.717) is 5.41 Å². The Morgan fingerprint density at radius 2 is 2.09 bits per heavy atom. The van der Waals surface area contributed by atoms with Crippen LogP contribution < -0.4 is 5.32 Å². The summed E-state index contributed by atoms with van der Waals surface area (Å²) < 4.78 is 0. The van der Waals surface area contributed by atoms with Crippen molar-refractivity contribution in [2.45, 2.75) is 25.3 Å². The molecular weight excluding hydrogens is 136 g/mol. The van der Waals surface area contributed by atoms with E-state index in [1.807, 2.05) is 0 Å². The first kappa shape index (κ1) is 7.56. The lowest BCUT2D eigenvalue weighted by Gasteiger charge is -2.46. The molecule has 1 heterocycles. The molecule has 2 fully saturated rings. The maximum Gasteiger partial charge on any atom is 0.0170 e. The van der Waals surface area contributed by atoms with E-state index in [9.17, 15) is 0 Å². The van der Waals surface area contributed by atoms with E-state index in [-0.39, 0.29) is 0 Å². The Kier molecular flexibility index (Phi) is 1.69. The summed E-state index contributed by atoms with van der Waals surface area (Å²) in [6, 6.07) is 0.851. The molecular formula is C9H18N2. The van der Waals surface area contributed by atoms with E-state index in [4.69, 9.17) is 0 Å². The number of hydrogen-bond acceptors (Lipinski definition) is 2. The van der Waals surface area contributed by atoms with Gasteiger partial charge in [0, 0.05) is 24.5 Å². The van der Waals surface area contributed by atoms with Crippen LogP contribution in [0.4, 0.5) is 0 Å². The van der Waals surface area contributed by atoms with Crippen LogP contribution in [0.25, 0.3) is 0 Å². The second-order valence-electron chi connectivity index (χ2n) is 4.34. The average Bonchev–Trinajstić information content (AvgIpc) is 2.27. The van der Waals surface area contributed by atoms with E-state index < -0.39 is 0 Å². The van der Waals surface area contributed by atoms with Crippen LogP contribution in [0.5, 0.6) is 0 Å². The van der Waals surface area contributed by atoms with Crippen molar-refractivity contribution in [3.8, 4) is 0 Å². The minimum Gasteiger partial charge on any atom is -0.315 e. The van der Waals surface area contributed by atoms with Crippen molar-refractivity contribution in [3.05, 3.63) is 0 Å². The van der Waals surface area contributed by atoms with Crippen molar-refractivity contribution in [2.75, 3.05) is 27.2 Å². The first-order chi connectivity index (χ1) is 5.25. The minimum absolute atomic E-state index is 0.670. The van der Waals surface area contributed by atoms with Gasteiger partial charge in [-0.2, -0.15) is 0 Å². The summed E-state index contributed by atoms with van der Waals surface area (Å²) in [5, 5.41) is 3.40. The molecule has 2 rings (SSSR count). The Morgan fingerprint density at radius 3 is 2.45 bits per heavy atom. The van der Waals surface area contributed by atoms with Crippen LogP contribution in [0.1, 0.15) is 19.3 Å². The molecule has 11 heavy (non-hydrogen) atoms. The second kappa shape index (κ2) is 2.46. The molecule has 1 aliphatic heterocycles. The lowest BCUT2D eigenvalue weighted by atomic mass is 9.76. The van der Waals surface area contributed by atoms with Crippen molar-refractivity contribution < 1.29 is 0 Å². The maximum atomic E-state index is 3.40. The Balaban J connectivity index is 2.07. The lowest BCUT2D eigenvalue weighted by Crippen LogP contribution is -2.60. The van der Waals surface area contributed by atoms with Gasteiger partial charge in [-0.25, -0.2) is 0 Å². The summed E-state index contributed by atoms with van der Waals surface area (Å²) in [4.78, 5) is 2.41. The van der Waals surface area contributed by atoms with E-state index in [2.05, 4.69) is 24.3 Å². The van der Waals surface area contributed by atoms with Crippen molar-refractivity contribution in [2.24, 2.45) is 5.41 Å². The van der Waals surface area contributed by atoms with Crippen LogP contribution in [0.3, 0.4) is 0 Å². The molecule has 0 aromatic heterocycles. The van der Waals surface area contributed by atoms with E-state index in [1.165, 1.54) is 32.4 Å². The molecule has 0 aromatic rings. The van der Waals surface area contributed by atoms with Gasteiger partial charge in [0.05, 0.1) is 0 Å². The Hall–Kier alpha value is -0.0800. The predicted octanol–water partition coefficient (Wildman–Crippen LogP) is 0.690. The fourth-order valence-electron chi connectivity index (χ4n) is 2.78. The minimum atomic E-state index is 0.670. The van der Waals surface area contributed by atoms with Gasteiger partial charge in [-0.05, 0) is 26.9 Å². The summed E-state index contributed by atoms with van der Waals surface area (Å²) >= 11 is 0. The van der Waals surface area contributed by atoms with Gasteiger partial charge in [-0.15, -0.1) is 0 Å². The highest BCUT2D eigenvalue weighted by Gasteiger charge is 2.47. The number of hydrogen-bond donors (Lipinski definition) is 1. The standard InChI is InChI=1S/C9H18N2/c1-11(2)8-4-3-5-9(8)6-10-7-9/h8,10H,3-7H2,1-2H3. The van der Waals surface area contributed by atoms with Gasteiger partial charge >= 0.3 is 0 Å². The molecule has 0 bridgehead atoms. The van der Waals surface area contributed by atoms with Crippen molar-refractivity contribution in [1.82, 2.24) is 10.2 Å². The Morgan fingerprint density at radius 1 is 1.36 bits per heavy atom. The molecule has 2 heteroatoms. The lowest BCUT2D eigenvalue weighted by molar-refractivity contribution is 0.0732. The highest BCUT2D eigenvalue weighted by molar-refractivity contribution is 5.04. The van der Waals surface area contributed by atoms with Gasteiger partial charge in [0.2, 0.25) is 0 Å². The number of rotatable bonds is 1. The van der Waals surface area contributed by atoms with E-state index in [0.717, 1.165) is 6.04 Å². The molecule has 1 atom stereocenters. The van der Waals surface area contributed by atoms with Crippen molar-refractivity contribution in [1.29, 1.82) is 0 Å². The fraction of sp³-hybridized carbons (Fsp3) is 1.00. The third kappa shape index (κ3) is 1.00. The molecule has 1 N–H and O–H groups in total. The molecule has 64 valence electrons. The van der Waals surface area contributed by atoms with Crippen LogP contribution in [-0.2, 0) is 0 Å². The fourth-order valence-corrected chi connectivity index (χ4v) is 2.78. The topological polar surface area (TPSA) is 15.3 Å². The van der Waals surface area contributed by atoms with E-state index in [1.54, 1.807) is 0 Å². The largest absolute Gasteiger partial charge is 0.315 e. The average molecular weight is 154 g/mol. The van der Waals surface area contributed by atoms with Crippen LogP contribution in [0.2, 0.25) is 0 Å². The number of nitrogens with one attached hydrogen (secondary N) is 1. The van der Waals surface area contributed by atoms with Gasteiger partial charge < -0.3 is 10.2 Å². The normalized spacial score (nSPS) is 34.6. The summed E-state index contributed by atoms with van der Waals surface area (Å²) in [6.07, 6.45) is 4.29. The van der Waals surface area contributed by atoms with Gasteiger partial charge in [0.25, 0.3) is 0 Å². The van der Waals surface area contributed by atoms with Crippen molar-refractivity contribution >= 4 is 0 Å². The summed E-state index contributed by atoms with van der Waals surface area (Å²) in [5.41, 5.74) is 0.670. The molecule has 0 radical (unpaired) electrons. The summed E-state index contributed by atoms with van der Waals surface area (Å²) in [6.45, 7) is 2.52. The summed E-state index contributed by atoms with van der Waals surface area (Å²) in [5.74, 6) is 0. The first-order valence-corrected chi connectivity index (χ1v) is 4.62. The van der Waals surface area contributed by atoms with Gasteiger partial charge in [0.15, 0.2) is 0 Å². The molecule has 1 saturated heterocycles. The zero-order valence-electron chi connectivity index (χ0n) is 7.56. The van der Waals surface area contributed by atoms with Crippen LogP contribution in [0, 0.1) is 5.41 Å². The van der Waals surface area contributed by atoms with E-state index >= 15 is 0 Å². The van der Waals surface area contributed by atoms with Gasteiger partial charge in [0.1, 0.15) is 0 Å². The zero-order chi connectivity index (χ0) is 7.90. The predicted molar refractivity (Wildman–Crippen MR) is 46.6 cm³/mol. The Labute approximate surface area is 69.0 Å². The molecule has 1 aliphatic carbocycles. The third-order valence-corrected chi connectivity index (χ3v) is 3.44. The van der Waals surface area contributed by atoms with Gasteiger partial charge in [-0.3, -0.25) is 0 Å². The molecule has 1 unspecified atom stereocenters. The molecule has 2 nitrogen and oxygen atoms in total. The SMILES string of the molecule is CN(C)C1CCCC12CNC2. The smallest absolute Gasteiger partial charge is 0.0170 e. The van der Waals surface area contributed by atoms with Crippen LogP contribution in [0.15, 0.2) is 0 Å². The van der Waals surface area contributed by atoms with Crippen molar-refractivity contribution in [3.63, 3.8) is 0 Å². The third-order valence-electron chi connectivity index (χ3n) is 3.44. The maximum absolute atomic E-state index is 3.40. The highest BCUT2D eigenvalue weighted by atomic mass is 15.2. The second-order valence-corrected chi connectivity index (χ2v) is 4.34. The van der Waals surface area contributed by atoms with Crippen LogP contribution in [-0.4, -0.2) is 38.1 Å². The van der Waals surface area contributed by atoms with Gasteiger partial charge in [-0.1, -0.05) is 6.42 Å². The Bertz CT molecular complexity index is 150. The molecule has 2 aliphatic rings. The van der Waals surface area contributed by atoms with Crippen LogP contribution >= 0.6 is 0 Å². The number of nitrogens with zero attached hydrogens (tertiary/aromatic N) is 1. The molecule has 1 spiro atoms. The molecule has 0 amide bonds. The highest BCUT2D eigenvalue weighted by Crippen LogP contribution is 2.43.